The van der Waals surface area contributed by atoms with E-state index in [0.717, 1.165) is 20.8 Å². The number of hydrogen-bond donors (Lipinski definition) is 3. The van der Waals surface area contributed by atoms with E-state index in [9.17, 15) is 0 Å². The van der Waals surface area contributed by atoms with Crippen molar-refractivity contribution in [2.24, 2.45) is 0 Å². The zero-order chi connectivity index (χ0) is 16.3. The molecule has 0 aromatic carbocycles. The van der Waals surface area contributed by atoms with Crippen LogP contribution < -0.4 is 0 Å². The van der Waals surface area contributed by atoms with Crippen LogP contribution in [0.5, 0.6) is 0 Å². The van der Waals surface area contributed by atoms with Crippen LogP contribution in [0.15, 0.2) is 0 Å². The van der Waals surface area contributed by atoms with Crippen LogP contribution in [0.2, 0.25) is 4.44 Å². The zero-order valence-electron chi connectivity index (χ0n) is 12.2. The van der Waals surface area contributed by atoms with E-state index in [1.807, 2.05) is 0 Å². The molecule has 0 saturated heterocycles. The van der Waals surface area contributed by atoms with Gasteiger partial charge in [-0.25, -0.2) is 0 Å². The number of carboxylic acid groups (broad SMARTS) is 3. The number of unbranched alkanes of at least 4 members (excludes halogenated alkanes) is 3. The molecule has 114 valence electrons. The van der Waals surface area contributed by atoms with Crippen LogP contribution in [0.1, 0.15) is 53.4 Å². The van der Waals surface area contributed by atoms with E-state index in [-0.39, 0.29) is 0 Å². The van der Waals surface area contributed by atoms with Crippen molar-refractivity contribution in [1.82, 2.24) is 0 Å². The molecule has 0 aromatic rings. The molecular weight excluding hydrogens is 359 g/mol. The summed E-state index contributed by atoms with van der Waals surface area (Å²) in [4.78, 5) is 27.0. The number of carboxylic acids is 3. The molecule has 0 aliphatic rings. The van der Waals surface area contributed by atoms with Gasteiger partial charge in [0.2, 0.25) is 0 Å². The average molecular weight is 385 g/mol. The van der Waals surface area contributed by atoms with Gasteiger partial charge in [0.05, 0.1) is 0 Å². The van der Waals surface area contributed by atoms with Gasteiger partial charge in [0.1, 0.15) is 0 Å². The van der Waals surface area contributed by atoms with E-state index in [1.54, 1.807) is 0 Å². The van der Waals surface area contributed by atoms with Crippen molar-refractivity contribution >= 4 is 40.4 Å². The summed E-state index contributed by atoms with van der Waals surface area (Å²) >= 11 is 1.46. The molecule has 3 N–H and O–H groups in total. The van der Waals surface area contributed by atoms with Gasteiger partial charge in [0, 0.05) is 20.8 Å². The SMILES string of the molecule is CC(=O)O.CC(=O)O.CC(=O)O.CCCCC[CH2][SnH]. The van der Waals surface area contributed by atoms with Crippen LogP contribution in [0, 0.1) is 0 Å². The molecule has 0 saturated carbocycles. The van der Waals surface area contributed by atoms with Crippen molar-refractivity contribution in [3.63, 3.8) is 0 Å². The maximum atomic E-state index is 9.00. The Kier molecular flexibility index (Phi) is 36.4. The topological polar surface area (TPSA) is 112 Å². The number of hydrogen-bond acceptors (Lipinski definition) is 3. The van der Waals surface area contributed by atoms with Crippen LogP contribution >= 0.6 is 0 Å². The fraction of sp³-hybridized carbons (Fsp3) is 0.750. The van der Waals surface area contributed by atoms with Crippen LogP contribution in [-0.4, -0.2) is 55.8 Å². The van der Waals surface area contributed by atoms with Gasteiger partial charge < -0.3 is 15.3 Å². The maximum absolute atomic E-state index is 9.00. The van der Waals surface area contributed by atoms with Gasteiger partial charge in [-0.05, 0) is 0 Å². The average Bonchev–Trinajstić information content (AvgIpc) is 2.15. The molecule has 0 rings (SSSR count). The minimum atomic E-state index is -0.833. The van der Waals surface area contributed by atoms with Crippen LogP contribution in [0.25, 0.3) is 0 Å². The Morgan fingerprint density at radius 3 is 1.21 bits per heavy atom. The molecule has 0 heterocycles. The van der Waals surface area contributed by atoms with E-state index < -0.39 is 17.9 Å². The molecule has 2 radical (unpaired) electrons. The third-order valence-electron chi connectivity index (χ3n) is 1.06. The van der Waals surface area contributed by atoms with Gasteiger partial charge in [0.15, 0.2) is 0 Å². The summed E-state index contributed by atoms with van der Waals surface area (Å²) in [7, 11) is 0. The van der Waals surface area contributed by atoms with Crippen molar-refractivity contribution < 1.29 is 29.7 Å². The van der Waals surface area contributed by atoms with Crippen LogP contribution in [-0.2, 0) is 14.4 Å². The molecule has 0 aliphatic heterocycles. The molecule has 0 aromatic heterocycles. The molecule has 0 unspecified atom stereocenters. The molecule has 0 fully saturated rings. The number of aliphatic carboxylic acids is 3. The summed E-state index contributed by atoms with van der Waals surface area (Å²) in [6.45, 7) is 5.51. The molecule has 7 heteroatoms. The van der Waals surface area contributed by atoms with Crippen molar-refractivity contribution in [3.05, 3.63) is 0 Å². The Bertz CT molecular complexity index is 174. The first-order valence-electron chi connectivity index (χ1n) is 5.90. The van der Waals surface area contributed by atoms with Crippen molar-refractivity contribution in [3.8, 4) is 0 Å². The second-order valence-electron chi connectivity index (χ2n) is 3.41. The van der Waals surface area contributed by atoms with Gasteiger partial charge in [0.25, 0.3) is 17.9 Å². The molecule has 19 heavy (non-hydrogen) atoms. The second kappa shape index (κ2) is 25.9. The van der Waals surface area contributed by atoms with E-state index in [4.69, 9.17) is 29.7 Å². The predicted octanol–water partition coefficient (Wildman–Crippen LogP) is 2.16. The first-order valence-corrected chi connectivity index (χ1v) is 8.23. The van der Waals surface area contributed by atoms with Crippen LogP contribution in [0.4, 0.5) is 0 Å². The number of carbonyl (C=O) groups is 3. The minimum absolute atomic E-state index is 0.833. The van der Waals surface area contributed by atoms with Gasteiger partial charge in [-0.1, -0.05) is 0 Å². The first-order chi connectivity index (χ1) is 8.61. The Hall–Kier alpha value is -0.791. The van der Waals surface area contributed by atoms with Crippen molar-refractivity contribution in [2.75, 3.05) is 0 Å². The Morgan fingerprint density at radius 1 is 0.789 bits per heavy atom. The zero-order valence-corrected chi connectivity index (χ0v) is 15.5. The van der Waals surface area contributed by atoms with Crippen LogP contribution in [0.3, 0.4) is 0 Å². The van der Waals surface area contributed by atoms with E-state index in [1.165, 1.54) is 52.6 Å². The standard InChI is InChI=1S/C6H13.3C2H4O2.Sn.H/c1-3-5-6-4-2;3*1-2(3)4;;/h1,3-6H2,2H3;3*1H3,(H,3,4);;. The Morgan fingerprint density at radius 2 is 1.05 bits per heavy atom. The molecule has 6 nitrogen and oxygen atoms in total. The Balaban J connectivity index is -0.0000000825. The Labute approximate surface area is 128 Å². The molecule has 0 spiro atoms. The summed E-state index contributed by atoms with van der Waals surface area (Å²) in [5.41, 5.74) is 0. The summed E-state index contributed by atoms with van der Waals surface area (Å²) < 4.78 is 1.49. The fourth-order valence-corrected chi connectivity index (χ4v) is 1.40. The van der Waals surface area contributed by atoms with Gasteiger partial charge in [-0.15, -0.1) is 0 Å². The molecule has 0 aliphatic carbocycles. The summed E-state index contributed by atoms with van der Waals surface area (Å²) in [6, 6.07) is 0. The first kappa shape index (κ1) is 26.7. The monoisotopic (exact) mass is 386 g/mol. The number of rotatable bonds is 4. The third kappa shape index (κ3) is 387. The quantitative estimate of drug-likeness (QED) is 0.505. The van der Waals surface area contributed by atoms with Gasteiger partial charge in [-0.3, -0.25) is 14.4 Å². The van der Waals surface area contributed by atoms with Gasteiger partial charge >= 0.3 is 59.6 Å². The second-order valence-corrected chi connectivity index (χ2v) is 5.05. The summed E-state index contributed by atoms with van der Waals surface area (Å²) in [6.07, 6.45) is 5.77. The van der Waals surface area contributed by atoms with E-state index in [2.05, 4.69) is 6.92 Å². The van der Waals surface area contributed by atoms with E-state index in [0.29, 0.717) is 0 Å². The van der Waals surface area contributed by atoms with Crippen molar-refractivity contribution in [2.45, 2.75) is 57.8 Å². The van der Waals surface area contributed by atoms with Gasteiger partial charge in [-0.2, -0.15) is 0 Å². The van der Waals surface area contributed by atoms with Crippen molar-refractivity contribution in [1.29, 1.82) is 0 Å². The molecule has 0 atom stereocenters. The predicted molar refractivity (Wildman–Crippen MR) is 76.0 cm³/mol. The molecule has 0 amide bonds. The molecule has 0 bridgehead atoms. The summed E-state index contributed by atoms with van der Waals surface area (Å²) in [5.74, 6) is -2.50. The molecular formula is C12H26O6Sn. The van der Waals surface area contributed by atoms with E-state index >= 15 is 0 Å². The normalized spacial score (nSPS) is 7.42. The fourth-order valence-electron chi connectivity index (χ4n) is 0.571. The summed E-state index contributed by atoms with van der Waals surface area (Å²) in [5, 5.41) is 22.2. The third-order valence-corrected chi connectivity index (χ3v) is 2.22.